The first-order chi connectivity index (χ1) is 0. The molecule has 0 unspecified atom stereocenters. The first-order valence-corrected chi connectivity index (χ1v) is 0. The summed E-state index contributed by atoms with van der Waals surface area (Å²) in [7, 11) is 0. The van der Waals surface area contributed by atoms with Crippen molar-refractivity contribution in [3.05, 3.63) is 0 Å². The molecule has 0 N–H and O–H groups in total. The zero-order chi connectivity index (χ0) is 0. The van der Waals surface area contributed by atoms with E-state index in [1.165, 1.54) is 0 Å². The minimum atomic E-state index is 0. The van der Waals surface area contributed by atoms with E-state index in [1.54, 1.807) is 0 Å². The summed E-state index contributed by atoms with van der Waals surface area (Å²) in [5.41, 5.74) is 0. The topological polar surface area (TPSA) is 28.5 Å². The van der Waals surface area contributed by atoms with Crippen molar-refractivity contribution in [2.75, 3.05) is 0 Å². The molecule has 0 spiro atoms. The summed E-state index contributed by atoms with van der Waals surface area (Å²) < 4.78 is 0. The zero-order valence-corrected chi connectivity index (χ0v) is 7.79. The predicted octanol–water partition coefficient (Wildman–Crippen LogP) is -0.126. The molecule has 0 aliphatic rings. The van der Waals surface area contributed by atoms with E-state index in [-0.39, 0.29) is 68.4 Å². The third-order valence-electron chi connectivity index (χ3n) is 0. The van der Waals surface area contributed by atoms with Gasteiger partial charge in [0, 0.05) is 0 Å². The van der Waals surface area contributed by atoms with Crippen LogP contribution in [0.1, 0.15) is 0 Å². The summed E-state index contributed by atoms with van der Waals surface area (Å²) >= 11 is 0. The van der Waals surface area contributed by atoms with Crippen LogP contribution in [0.4, 0.5) is 0 Å². The molecule has 4 heteroatoms. The van der Waals surface area contributed by atoms with Crippen LogP contribution < -0.4 is 0 Å². The van der Waals surface area contributed by atoms with Gasteiger partial charge in [-0.05, 0) is 0 Å². The van der Waals surface area contributed by atoms with Crippen molar-refractivity contribution >= 4 is 0 Å². The van der Waals surface area contributed by atoms with E-state index in [4.69, 9.17) is 0 Å². The van der Waals surface area contributed by atoms with Crippen LogP contribution in [0.25, 0.3) is 0 Å². The average molecular weight is 451 g/mol. The van der Waals surface area contributed by atoms with Crippen molar-refractivity contribution < 1.29 is 68.4 Å². The Kier molecular flexibility index (Phi) is 186. The smallest absolute Gasteiger partial charge is 2.00 e. The largest absolute Gasteiger partial charge is 4.00 e. The Balaban J connectivity index is 0. The normalized spacial score (nSPS) is 0. The molecule has 0 aromatic rings. The molecule has 1 nitrogen and oxygen atoms in total. The molecule has 0 atom stereocenters. The fraction of sp³-hybridized carbons (Fsp3) is 0. The number of rotatable bonds is 0. The van der Waals surface area contributed by atoms with E-state index >= 15 is 0 Å². The molecule has 0 saturated carbocycles. The van der Waals surface area contributed by atoms with Gasteiger partial charge in [0.15, 0.2) is 0 Å². The number of hydrogen-bond acceptors (Lipinski definition) is 0. The van der Waals surface area contributed by atoms with Gasteiger partial charge in [0.2, 0.25) is 0 Å². The van der Waals surface area contributed by atoms with E-state index in [1.807, 2.05) is 0 Å². The van der Waals surface area contributed by atoms with Crippen LogP contribution in [0.5, 0.6) is 0 Å². The fourth-order valence-corrected chi connectivity index (χ4v) is 0. The van der Waals surface area contributed by atoms with Gasteiger partial charge in [0.05, 0.1) is 0 Å². The Morgan fingerprint density at radius 2 is 1.00 bits per heavy atom. The summed E-state index contributed by atoms with van der Waals surface area (Å²) in [5, 5.41) is 0. The van der Waals surface area contributed by atoms with Gasteiger partial charge in [-0.15, -0.1) is 0 Å². The SMILES string of the molecule is [Ir+3].[O-2].[Pt+2].[Ti+4]. The molecule has 0 amide bonds. The Labute approximate surface area is 67.7 Å². The van der Waals surface area contributed by atoms with E-state index in [0.717, 1.165) is 0 Å². The molecular weight excluding hydrogens is 451 g/mol. The first-order valence-electron chi connectivity index (χ1n) is 0. The third-order valence-corrected chi connectivity index (χ3v) is 0. The van der Waals surface area contributed by atoms with Crippen LogP contribution in [-0.4, -0.2) is 0 Å². The van der Waals surface area contributed by atoms with Crippen LogP contribution >= 0.6 is 0 Å². The van der Waals surface area contributed by atoms with Gasteiger partial charge in [-0.1, -0.05) is 0 Å². The molecule has 4 heavy (non-hydrogen) atoms. The summed E-state index contributed by atoms with van der Waals surface area (Å²) in [6.07, 6.45) is 0. The van der Waals surface area contributed by atoms with Gasteiger partial charge in [-0.25, -0.2) is 0 Å². The Hall–Kier alpha value is 2.01. The second kappa shape index (κ2) is 19.9. The molecule has 0 bridgehead atoms. The van der Waals surface area contributed by atoms with Crippen molar-refractivity contribution in [3.8, 4) is 0 Å². The van der Waals surface area contributed by atoms with Crippen molar-refractivity contribution in [2.24, 2.45) is 0 Å². The van der Waals surface area contributed by atoms with E-state index in [0.29, 0.717) is 0 Å². The molecule has 0 saturated heterocycles. The van der Waals surface area contributed by atoms with Crippen molar-refractivity contribution in [3.63, 3.8) is 0 Å². The second-order valence-corrected chi connectivity index (χ2v) is 0. The second-order valence-electron chi connectivity index (χ2n) is 0. The first kappa shape index (κ1) is 37.3. The monoisotopic (exact) mass is 452 g/mol. The minimum absolute atomic E-state index is 0. The van der Waals surface area contributed by atoms with Gasteiger partial charge >= 0.3 is 62.9 Å². The van der Waals surface area contributed by atoms with Crippen LogP contribution in [0.3, 0.4) is 0 Å². The van der Waals surface area contributed by atoms with Gasteiger partial charge in [-0.3, -0.25) is 0 Å². The van der Waals surface area contributed by atoms with Crippen LogP contribution in [-0.2, 0) is 68.4 Å². The standard InChI is InChI=1S/Ir.O.Pt.Ti/q+3;-2;+2;+4. The summed E-state index contributed by atoms with van der Waals surface area (Å²) in [4.78, 5) is 0. The van der Waals surface area contributed by atoms with Crippen molar-refractivity contribution in [1.29, 1.82) is 0 Å². The molecule has 0 aliphatic carbocycles. The quantitative estimate of drug-likeness (QED) is 0.460. The summed E-state index contributed by atoms with van der Waals surface area (Å²) in [5.74, 6) is 0. The summed E-state index contributed by atoms with van der Waals surface area (Å²) in [6.45, 7) is 0. The molecule has 0 heterocycles. The van der Waals surface area contributed by atoms with E-state index < -0.39 is 0 Å². The van der Waals surface area contributed by atoms with Crippen LogP contribution in [0.2, 0.25) is 0 Å². The predicted molar refractivity (Wildman–Crippen MR) is 0.686 cm³/mol. The maximum atomic E-state index is 0. The Morgan fingerprint density at radius 1 is 1.00 bits per heavy atom. The molecule has 0 aromatic carbocycles. The number of hydrogen-bond donors (Lipinski definition) is 0. The Bertz CT molecular complexity index is 8.00. The molecule has 0 aromatic heterocycles. The summed E-state index contributed by atoms with van der Waals surface area (Å²) in [6, 6.07) is 0. The third kappa shape index (κ3) is 8.99. The molecule has 0 fully saturated rings. The van der Waals surface area contributed by atoms with Gasteiger partial charge in [0.1, 0.15) is 0 Å². The van der Waals surface area contributed by atoms with Gasteiger partial charge in [-0.2, -0.15) is 0 Å². The van der Waals surface area contributed by atoms with Crippen LogP contribution in [0, 0.1) is 0 Å². The van der Waals surface area contributed by atoms with E-state index in [9.17, 15) is 0 Å². The molecular formula is IrOPtTi+7. The molecule has 0 aliphatic heterocycles. The van der Waals surface area contributed by atoms with Crippen LogP contribution in [0.15, 0.2) is 0 Å². The molecule has 0 rings (SSSR count). The minimum Gasteiger partial charge on any atom is -2.00 e. The van der Waals surface area contributed by atoms with E-state index in [2.05, 4.69) is 0 Å². The molecule has 22 valence electrons. The van der Waals surface area contributed by atoms with Gasteiger partial charge in [0.25, 0.3) is 0 Å². The maximum Gasteiger partial charge on any atom is 4.00 e. The average Bonchev–Trinajstić information content (AvgIpc) is 0. The van der Waals surface area contributed by atoms with Gasteiger partial charge < -0.3 is 5.48 Å². The Morgan fingerprint density at radius 3 is 1.00 bits per heavy atom. The zero-order valence-electron chi connectivity index (χ0n) is 1.56. The van der Waals surface area contributed by atoms with Crippen molar-refractivity contribution in [2.45, 2.75) is 0 Å². The maximum absolute atomic E-state index is 0. The van der Waals surface area contributed by atoms with Crippen molar-refractivity contribution in [1.82, 2.24) is 0 Å². The fourth-order valence-electron chi connectivity index (χ4n) is 0. The molecule has 0 radical (unpaired) electrons.